The van der Waals surface area contributed by atoms with Crippen molar-refractivity contribution in [3.05, 3.63) is 24.0 Å². The van der Waals surface area contributed by atoms with Gasteiger partial charge in [0.1, 0.15) is 0 Å². The van der Waals surface area contributed by atoms with Crippen LogP contribution in [0.5, 0.6) is 0 Å². The summed E-state index contributed by atoms with van der Waals surface area (Å²) >= 11 is 0. The molecule has 72 valence electrons. The third kappa shape index (κ3) is 2.11. The van der Waals surface area contributed by atoms with E-state index in [0.29, 0.717) is 0 Å². The first-order valence-electron chi connectivity index (χ1n) is 4.72. The fourth-order valence-electron chi connectivity index (χ4n) is 1.89. The van der Waals surface area contributed by atoms with Crippen molar-refractivity contribution in [2.24, 2.45) is 0 Å². The average molecular weight is 180 g/mol. The average Bonchev–Trinajstić information content (AvgIpc) is 2.61. The maximum atomic E-state index is 9.74. The van der Waals surface area contributed by atoms with Crippen molar-refractivity contribution in [1.82, 2.24) is 9.88 Å². The second-order valence-corrected chi connectivity index (χ2v) is 4.18. The lowest BCUT2D eigenvalue weighted by Gasteiger charge is -2.17. The van der Waals surface area contributed by atoms with Crippen molar-refractivity contribution in [3.8, 4) is 0 Å². The molecule has 2 rings (SSSR count). The van der Waals surface area contributed by atoms with Gasteiger partial charge in [-0.3, -0.25) is 4.90 Å². The summed E-state index contributed by atoms with van der Waals surface area (Å²) in [7, 11) is 0. The smallest absolute Gasteiger partial charge is 0.0758 e. The Morgan fingerprint density at radius 1 is 1.69 bits per heavy atom. The fraction of sp³-hybridized carbons (Fsp3) is 0.600. The molecule has 0 amide bonds. The SMILES string of the molecule is CC1(O)CCN(Cc2cc[nH]c2)C1. The number of hydrogen-bond donors (Lipinski definition) is 2. The molecule has 1 aromatic rings. The van der Waals surface area contributed by atoms with Crippen molar-refractivity contribution >= 4 is 0 Å². The topological polar surface area (TPSA) is 39.3 Å². The van der Waals surface area contributed by atoms with Crippen LogP contribution in [0.2, 0.25) is 0 Å². The molecule has 3 nitrogen and oxygen atoms in total. The van der Waals surface area contributed by atoms with Crippen molar-refractivity contribution in [1.29, 1.82) is 0 Å². The Kier molecular flexibility index (Phi) is 2.14. The van der Waals surface area contributed by atoms with Gasteiger partial charge in [-0.15, -0.1) is 0 Å². The highest BCUT2D eigenvalue weighted by Gasteiger charge is 2.30. The van der Waals surface area contributed by atoms with E-state index in [9.17, 15) is 5.11 Å². The monoisotopic (exact) mass is 180 g/mol. The Hall–Kier alpha value is -0.800. The quantitative estimate of drug-likeness (QED) is 0.712. The molecule has 1 unspecified atom stereocenters. The lowest BCUT2D eigenvalue weighted by atomic mass is 10.1. The molecule has 1 aliphatic rings. The molecular weight excluding hydrogens is 164 g/mol. The first-order chi connectivity index (χ1) is 6.16. The molecule has 0 bridgehead atoms. The summed E-state index contributed by atoms with van der Waals surface area (Å²) in [6.07, 6.45) is 4.83. The Morgan fingerprint density at radius 3 is 3.08 bits per heavy atom. The zero-order valence-electron chi connectivity index (χ0n) is 7.95. The number of rotatable bonds is 2. The molecule has 2 N–H and O–H groups in total. The van der Waals surface area contributed by atoms with E-state index in [1.54, 1.807) is 0 Å². The Labute approximate surface area is 78.4 Å². The second kappa shape index (κ2) is 3.16. The zero-order valence-corrected chi connectivity index (χ0v) is 7.95. The molecule has 3 heteroatoms. The van der Waals surface area contributed by atoms with Gasteiger partial charge in [-0.1, -0.05) is 0 Å². The Bertz CT molecular complexity index is 266. The molecule has 1 saturated heterocycles. The summed E-state index contributed by atoms with van der Waals surface area (Å²) in [5.41, 5.74) is 0.814. The summed E-state index contributed by atoms with van der Waals surface area (Å²) in [6, 6.07) is 2.08. The Balaban J connectivity index is 1.91. The highest BCUT2D eigenvalue weighted by molar-refractivity contribution is 5.08. The molecular formula is C10H16N2O. The molecule has 1 aliphatic heterocycles. The predicted molar refractivity (Wildman–Crippen MR) is 51.3 cm³/mol. The number of nitrogens with one attached hydrogen (secondary N) is 1. The fourth-order valence-corrected chi connectivity index (χ4v) is 1.89. The molecule has 13 heavy (non-hydrogen) atoms. The van der Waals surface area contributed by atoms with Gasteiger partial charge in [0.2, 0.25) is 0 Å². The van der Waals surface area contributed by atoms with Crippen LogP contribution in [0.4, 0.5) is 0 Å². The third-order valence-corrected chi connectivity index (χ3v) is 2.60. The van der Waals surface area contributed by atoms with Gasteiger partial charge in [0.25, 0.3) is 0 Å². The summed E-state index contributed by atoms with van der Waals surface area (Å²) in [5.74, 6) is 0. The van der Waals surface area contributed by atoms with Crippen LogP contribution in [-0.4, -0.2) is 33.7 Å². The van der Waals surface area contributed by atoms with Gasteiger partial charge in [0, 0.05) is 32.0 Å². The van der Waals surface area contributed by atoms with E-state index in [2.05, 4.69) is 16.0 Å². The van der Waals surface area contributed by atoms with E-state index in [0.717, 1.165) is 26.1 Å². The first-order valence-corrected chi connectivity index (χ1v) is 4.72. The van der Waals surface area contributed by atoms with Gasteiger partial charge in [-0.25, -0.2) is 0 Å². The van der Waals surface area contributed by atoms with Gasteiger partial charge in [-0.05, 0) is 25.0 Å². The Morgan fingerprint density at radius 2 is 2.54 bits per heavy atom. The summed E-state index contributed by atoms with van der Waals surface area (Å²) < 4.78 is 0. The molecule has 0 radical (unpaired) electrons. The summed E-state index contributed by atoms with van der Waals surface area (Å²) in [5, 5.41) is 9.74. The van der Waals surface area contributed by atoms with Crippen LogP contribution in [0.25, 0.3) is 0 Å². The van der Waals surface area contributed by atoms with Crippen LogP contribution in [0.15, 0.2) is 18.5 Å². The highest BCUT2D eigenvalue weighted by Crippen LogP contribution is 2.21. The number of β-amino-alcohol motifs (C(OH)–C–C–N with tert-alkyl or cyclic N) is 1. The molecule has 0 aromatic carbocycles. The van der Waals surface area contributed by atoms with E-state index in [1.807, 2.05) is 19.3 Å². The van der Waals surface area contributed by atoms with Crippen LogP contribution in [0, 0.1) is 0 Å². The minimum absolute atomic E-state index is 0.476. The molecule has 1 aromatic heterocycles. The van der Waals surface area contributed by atoms with E-state index in [4.69, 9.17) is 0 Å². The van der Waals surface area contributed by atoms with Crippen LogP contribution in [0.1, 0.15) is 18.9 Å². The lowest BCUT2D eigenvalue weighted by Crippen LogP contribution is -2.29. The zero-order chi connectivity index (χ0) is 9.31. The van der Waals surface area contributed by atoms with Crippen molar-refractivity contribution in [2.75, 3.05) is 13.1 Å². The van der Waals surface area contributed by atoms with Gasteiger partial charge in [0.05, 0.1) is 5.60 Å². The summed E-state index contributed by atoms with van der Waals surface area (Å²) in [4.78, 5) is 5.32. The van der Waals surface area contributed by atoms with E-state index >= 15 is 0 Å². The van der Waals surface area contributed by atoms with Crippen molar-refractivity contribution in [3.63, 3.8) is 0 Å². The van der Waals surface area contributed by atoms with Crippen LogP contribution in [-0.2, 0) is 6.54 Å². The number of hydrogen-bond acceptors (Lipinski definition) is 2. The number of aromatic amines is 1. The van der Waals surface area contributed by atoms with E-state index in [1.165, 1.54) is 5.56 Å². The number of aromatic nitrogens is 1. The second-order valence-electron chi connectivity index (χ2n) is 4.18. The molecule has 2 heterocycles. The number of H-pyrrole nitrogens is 1. The van der Waals surface area contributed by atoms with Crippen molar-refractivity contribution in [2.45, 2.75) is 25.5 Å². The molecule has 0 saturated carbocycles. The maximum absolute atomic E-state index is 9.74. The van der Waals surface area contributed by atoms with Crippen LogP contribution < -0.4 is 0 Å². The molecule has 0 aliphatic carbocycles. The molecule has 0 spiro atoms. The largest absolute Gasteiger partial charge is 0.389 e. The number of aliphatic hydroxyl groups is 1. The van der Waals surface area contributed by atoms with Crippen LogP contribution in [0.3, 0.4) is 0 Å². The van der Waals surface area contributed by atoms with Gasteiger partial charge < -0.3 is 10.1 Å². The number of nitrogens with zero attached hydrogens (tertiary/aromatic N) is 1. The molecule has 1 atom stereocenters. The van der Waals surface area contributed by atoms with Crippen molar-refractivity contribution < 1.29 is 5.11 Å². The minimum atomic E-state index is -0.476. The standard InChI is InChI=1S/C10H16N2O/c1-10(13)3-5-12(8-10)7-9-2-4-11-6-9/h2,4,6,11,13H,3,5,7-8H2,1H3. The summed E-state index contributed by atoms with van der Waals surface area (Å²) in [6.45, 7) is 4.64. The normalized spacial score (nSPS) is 29.7. The molecule has 1 fully saturated rings. The third-order valence-electron chi connectivity index (χ3n) is 2.60. The first kappa shape index (κ1) is 8.78. The van der Waals surface area contributed by atoms with Crippen LogP contribution >= 0.6 is 0 Å². The van der Waals surface area contributed by atoms with E-state index < -0.39 is 5.60 Å². The lowest BCUT2D eigenvalue weighted by molar-refractivity contribution is 0.0679. The highest BCUT2D eigenvalue weighted by atomic mass is 16.3. The van der Waals surface area contributed by atoms with Gasteiger partial charge in [0.15, 0.2) is 0 Å². The van der Waals surface area contributed by atoms with Gasteiger partial charge >= 0.3 is 0 Å². The predicted octanol–water partition coefficient (Wildman–Crippen LogP) is 0.971. The minimum Gasteiger partial charge on any atom is -0.389 e. The maximum Gasteiger partial charge on any atom is 0.0758 e. The number of likely N-dealkylation sites (tertiary alicyclic amines) is 1. The van der Waals surface area contributed by atoms with E-state index in [-0.39, 0.29) is 0 Å². The van der Waals surface area contributed by atoms with Gasteiger partial charge in [-0.2, -0.15) is 0 Å².